The second kappa shape index (κ2) is 8.22. The maximum absolute atomic E-state index is 12.8. The van der Waals surface area contributed by atoms with Gasteiger partial charge in [0.05, 0.1) is 24.5 Å². The Morgan fingerprint density at radius 3 is 3.04 bits per heavy atom. The monoisotopic (exact) mass is 330 g/mol. The van der Waals surface area contributed by atoms with Crippen LogP contribution in [0.25, 0.3) is 0 Å². The van der Waals surface area contributed by atoms with Gasteiger partial charge in [0.2, 0.25) is 5.91 Å². The Kier molecular flexibility index (Phi) is 5.77. The Balaban J connectivity index is 1.65. The number of hydrogen-bond acceptors (Lipinski definition) is 4. The Labute approximate surface area is 141 Å². The number of carbonyl (C=O) groups is 1. The topological polar surface area (TPSA) is 42.4 Å². The number of aromatic nitrogens is 1. The fourth-order valence-electron chi connectivity index (χ4n) is 2.86. The number of ether oxygens (including phenoxy) is 1. The highest BCUT2D eigenvalue weighted by Crippen LogP contribution is 2.21. The van der Waals surface area contributed by atoms with Crippen LogP contribution in [0.3, 0.4) is 0 Å². The van der Waals surface area contributed by atoms with Gasteiger partial charge in [-0.1, -0.05) is 0 Å². The molecule has 1 saturated heterocycles. The van der Waals surface area contributed by atoms with Gasteiger partial charge in [-0.3, -0.25) is 9.78 Å². The largest absolute Gasteiger partial charge is 0.378 e. The molecular formula is C18H22N2O2S. The molecule has 0 spiro atoms. The summed E-state index contributed by atoms with van der Waals surface area (Å²) in [6, 6.07) is 5.87. The lowest BCUT2D eigenvalue weighted by Gasteiger charge is -2.25. The minimum absolute atomic E-state index is 0.137. The average Bonchev–Trinajstić information content (AvgIpc) is 3.12. The Morgan fingerprint density at radius 1 is 1.39 bits per heavy atom. The minimum atomic E-state index is 0.137. The van der Waals surface area contributed by atoms with Crippen molar-refractivity contribution in [2.75, 3.05) is 11.5 Å². The van der Waals surface area contributed by atoms with E-state index in [1.807, 2.05) is 22.4 Å². The van der Waals surface area contributed by atoms with Crippen LogP contribution >= 0.6 is 11.3 Å². The first-order valence-corrected chi connectivity index (χ1v) is 9.10. The van der Waals surface area contributed by atoms with Gasteiger partial charge in [0, 0.05) is 19.2 Å². The summed E-state index contributed by atoms with van der Waals surface area (Å²) in [6.45, 7) is 1.43. The molecule has 0 radical (unpaired) electrons. The van der Waals surface area contributed by atoms with Crippen molar-refractivity contribution in [3.63, 3.8) is 0 Å². The minimum Gasteiger partial charge on any atom is -0.378 e. The van der Waals surface area contributed by atoms with Gasteiger partial charge in [0.15, 0.2) is 0 Å². The molecule has 23 heavy (non-hydrogen) atoms. The van der Waals surface area contributed by atoms with Crippen LogP contribution in [0.1, 0.15) is 37.7 Å². The van der Waals surface area contributed by atoms with E-state index < -0.39 is 0 Å². The van der Waals surface area contributed by atoms with Crippen LogP contribution in [0.4, 0.5) is 5.69 Å². The first-order valence-electron chi connectivity index (χ1n) is 8.16. The molecule has 0 N–H and O–H groups in total. The molecule has 0 aliphatic carbocycles. The third kappa shape index (κ3) is 4.62. The van der Waals surface area contributed by atoms with Crippen LogP contribution in [0.15, 0.2) is 41.4 Å². The van der Waals surface area contributed by atoms with Crippen molar-refractivity contribution in [2.24, 2.45) is 0 Å². The summed E-state index contributed by atoms with van der Waals surface area (Å²) >= 11 is 1.65. The van der Waals surface area contributed by atoms with Gasteiger partial charge >= 0.3 is 0 Å². The predicted molar refractivity (Wildman–Crippen MR) is 92.6 cm³/mol. The van der Waals surface area contributed by atoms with Gasteiger partial charge < -0.3 is 9.64 Å². The van der Waals surface area contributed by atoms with Gasteiger partial charge in [-0.05, 0) is 60.2 Å². The summed E-state index contributed by atoms with van der Waals surface area (Å²) in [6.07, 6.45) is 8.47. The van der Waals surface area contributed by atoms with Crippen molar-refractivity contribution >= 4 is 22.9 Å². The number of amides is 1. The number of nitrogens with zero attached hydrogens (tertiary/aromatic N) is 2. The number of thiophene rings is 1. The molecular weight excluding hydrogens is 308 g/mol. The Bertz CT molecular complexity index is 595. The second-order valence-corrected chi connectivity index (χ2v) is 6.63. The fourth-order valence-corrected chi connectivity index (χ4v) is 3.52. The summed E-state index contributed by atoms with van der Waals surface area (Å²) in [5, 5.41) is 4.12. The maximum atomic E-state index is 12.8. The third-order valence-corrected chi connectivity index (χ3v) is 4.87. The summed E-state index contributed by atoms with van der Waals surface area (Å²) in [5.74, 6) is 0.137. The fraction of sp³-hybridized carbons (Fsp3) is 0.444. The molecule has 122 valence electrons. The van der Waals surface area contributed by atoms with Crippen molar-refractivity contribution in [3.05, 3.63) is 46.9 Å². The summed E-state index contributed by atoms with van der Waals surface area (Å²) in [4.78, 5) is 18.7. The van der Waals surface area contributed by atoms with Gasteiger partial charge in [-0.25, -0.2) is 0 Å². The van der Waals surface area contributed by atoms with Gasteiger partial charge in [0.1, 0.15) is 0 Å². The Morgan fingerprint density at radius 2 is 2.35 bits per heavy atom. The molecule has 0 saturated carbocycles. The number of hydrogen-bond donors (Lipinski definition) is 0. The molecule has 0 bridgehead atoms. The van der Waals surface area contributed by atoms with E-state index in [9.17, 15) is 4.79 Å². The average molecular weight is 330 g/mol. The van der Waals surface area contributed by atoms with E-state index >= 15 is 0 Å². The summed E-state index contributed by atoms with van der Waals surface area (Å²) in [7, 11) is 0. The van der Waals surface area contributed by atoms with Crippen LogP contribution in [0.5, 0.6) is 0 Å². The van der Waals surface area contributed by atoms with Gasteiger partial charge in [-0.15, -0.1) is 0 Å². The molecule has 1 aliphatic rings. The van der Waals surface area contributed by atoms with Crippen molar-refractivity contribution in [2.45, 2.75) is 44.8 Å². The van der Waals surface area contributed by atoms with Crippen LogP contribution in [-0.4, -0.2) is 23.6 Å². The highest BCUT2D eigenvalue weighted by Gasteiger charge is 2.20. The van der Waals surface area contributed by atoms with Gasteiger partial charge in [-0.2, -0.15) is 11.3 Å². The van der Waals surface area contributed by atoms with E-state index in [1.54, 1.807) is 23.7 Å². The van der Waals surface area contributed by atoms with E-state index in [0.29, 0.717) is 13.0 Å². The van der Waals surface area contributed by atoms with E-state index in [4.69, 9.17) is 4.74 Å². The SMILES string of the molecule is O=C(CC[C@H]1CCCCO1)N(Cc1ccsc1)c1cccnc1. The standard InChI is InChI=1S/C18H22N2O2S/c21-18(7-6-17-5-1-2-10-22-17)20(13-15-8-11-23-14-15)16-4-3-9-19-12-16/h3-4,8-9,11-12,14,17H,1-2,5-7,10,13H2/t17-/m1/s1. The lowest BCUT2D eigenvalue weighted by atomic mass is 10.0. The number of pyridine rings is 1. The summed E-state index contributed by atoms with van der Waals surface area (Å²) in [5.41, 5.74) is 2.01. The smallest absolute Gasteiger partial charge is 0.227 e. The van der Waals surface area contributed by atoms with Crippen LogP contribution in [0.2, 0.25) is 0 Å². The van der Waals surface area contributed by atoms with E-state index in [2.05, 4.69) is 16.4 Å². The van der Waals surface area contributed by atoms with E-state index in [-0.39, 0.29) is 12.0 Å². The number of anilines is 1. The molecule has 1 atom stereocenters. The summed E-state index contributed by atoms with van der Waals surface area (Å²) < 4.78 is 5.74. The maximum Gasteiger partial charge on any atom is 0.227 e. The quantitative estimate of drug-likeness (QED) is 0.803. The zero-order valence-corrected chi connectivity index (χ0v) is 14.0. The van der Waals surface area contributed by atoms with E-state index in [0.717, 1.165) is 37.1 Å². The number of rotatable bonds is 6. The lowest BCUT2D eigenvalue weighted by Crippen LogP contribution is -2.31. The molecule has 1 amide bonds. The highest BCUT2D eigenvalue weighted by molar-refractivity contribution is 7.07. The molecule has 2 aromatic rings. The molecule has 0 unspecified atom stereocenters. The predicted octanol–water partition coefficient (Wildman–Crippen LogP) is 4.03. The van der Waals surface area contributed by atoms with Crippen molar-refractivity contribution in [1.29, 1.82) is 0 Å². The molecule has 3 rings (SSSR count). The van der Waals surface area contributed by atoms with Crippen molar-refractivity contribution in [1.82, 2.24) is 4.98 Å². The molecule has 3 heterocycles. The lowest BCUT2D eigenvalue weighted by molar-refractivity contribution is -0.119. The first kappa shape index (κ1) is 16.1. The molecule has 4 nitrogen and oxygen atoms in total. The van der Waals surface area contributed by atoms with Crippen molar-refractivity contribution in [3.8, 4) is 0 Å². The van der Waals surface area contributed by atoms with Crippen molar-refractivity contribution < 1.29 is 9.53 Å². The molecule has 1 fully saturated rings. The highest BCUT2D eigenvalue weighted by atomic mass is 32.1. The second-order valence-electron chi connectivity index (χ2n) is 5.85. The molecule has 0 aromatic carbocycles. The number of carbonyl (C=O) groups excluding carboxylic acids is 1. The third-order valence-electron chi connectivity index (χ3n) is 4.13. The van der Waals surface area contributed by atoms with E-state index in [1.165, 1.54) is 6.42 Å². The molecule has 1 aliphatic heterocycles. The zero-order chi connectivity index (χ0) is 15.9. The zero-order valence-electron chi connectivity index (χ0n) is 13.2. The van der Waals surface area contributed by atoms with Crippen LogP contribution < -0.4 is 4.90 Å². The Hall–Kier alpha value is -1.72. The first-order chi connectivity index (χ1) is 11.3. The molecule has 5 heteroatoms. The normalized spacial score (nSPS) is 17.8. The molecule has 2 aromatic heterocycles. The van der Waals surface area contributed by atoms with Crippen LogP contribution in [-0.2, 0) is 16.1 Å². The van der Waals surface area contributed by atoms with Crippen LogP contribution in [0, 0.1) is 0 Å². The van der Waals surface area contributed by atoms with Gasteiger partial charge in [0.25, 0.3) is 0 Å².